The molecule has 0 unspecified atom stereocenters. The minimum absolute atomic E-state index is 0.0638. The van der Waals surface area contributed by atoms with Crippen LogP contribution in [-0.4, -0.2) is 10.9 Å². The molecule has 18 heavy (non-hydrogen) atoms. The molecule has 5 heteroatoms. The van der Waals surface area contributed by atoms with Gasteiger partial charge in [0.2, 0.25) is 5.91 Å². The number of carbonyl (C=O) groups excluding carboxylic acids is 1. The summed E-state index contributed by atoms with van der Waals surface area (Å²) in [6.45, 7) is 0.385. The average Bonchev–Trinajstić information content (AvgIpc) is 2.89. The summed E-state index contributed by atoms with van der Waals surface area (Å²) in [6.07, 6.45) is 6.26. The molecule has 4 nitrogen and oxygen atoms in total. The molecule has 0 saturated heterocycles. The van der Waals surface area contributed by atoms with Crippen LogP contribution >= 0.6 is 12.2 Å². The number of furan rings is 1. The molecule has 1 fully saturated rings. The van der Waals surface area contributed by atoms with Crippen molar-refractivity contribution in [1.82, 2.24) is 5.32 Å². The normalized spacial score (nSPS) is 18.2. The van der Waals surface area contributed by atoms with Crippen molar-refractivity contribution >= 4 is 23.1 Å². The van der Waals surface area contributed by atoms with Gasteiger partial charge in [-0.15, -0.1) is 0 Å². The van der Waals surface area contributed by atoms with E-state index in [0.29, 0.717) is 11.5 Å². The first-order valence-electron chi connectivity index (χ1n) is 6.26. The Morgan fingerprint density at radius 3 is 2.72 bits per heavy atom. The maximum absolute atomic E-state index is 12.3. The Hall–Kier alpha value is -1.36. The van der Waals surface area contributed by atoms with Crippen LogP contribution < -0.4 is 11.1 Å². The third-order valence-electron chi connectivity index (χ3n) is 3.62. The topological polar surface area (TPSA) is 68.3 Å². The predicted octanol–water partition coefficient (Wildman–Crippen LogP) is 2.13. The van der Waals surface area contributed by atoms with Gasteiger partial charge in [-0.2, -0.15) is 0 Å². The second-order valence-electron chi connectivity index (χ2n) is 4.77. The van der Waals surface area contributed by atoms with Gasteiger partial charge in [-0.25, -0.2) is 0 Å². The molecular formula is C13H18N2O2S. The number of nitrogens with two attached hydrogens (primary N) is 1. The van der Waals surface area contributed by atoms with Crippen LogP contribution in [0.15, 0.2) is 22.8 Å². The molecule has 2 rings (SSSR count). The van der Waals surface area contributed by atoms with Gasteiger partial charge in [-0.3, -0.25) is 4.79 Å². The third-order valence-corrected chi connectivity index (χ3v) is 4.01. The van der Waals surface area contributed by atoms with Crippen molar-refractivity contribution in [2.75, 3.05) is 0 Å². The Bertz CT molecular complexity index is 422. The quantitative estimate of drug-likeness (QED) is 0.819. The van der Waals surface area contributed by atoms with E-state index in [-0.39, 0.29) is 5.91 Å². The summed E-state index contributed by atoms with van der Waals surface area (Å²) < 4.78 is 5.19. The van der Waals surface area contributed by atoms with Crippen molar-refractivity contribution in [3.63, 3.8) is 0 Å². The second kappa shape index (κ2) is 5.52. The second-order valence-corrected chi connectivity index (χ2v) is 5.21. The van der Waals surface area contributed by atoms with E-state index in [2.05, 4.69) is 5.32 Å². The number of rotatable bonds is 4. The fourth-order valence-electron chi connectivity index (χ4n) is 2.49. The first kappa shape index (κ1) is 13.1. The zero-order valence-corrected chi connectivity index (χ0v) is 11.1. The van der Waals surface area contributed by atoms with Crippen LogP contribution in [0.3, 0.4) is 0 Å². The van der Waals surface area contributed by atoms with Crippen molar-refractivity contribution in [2.45, 2.75) is 38.6 Å². The number of carbonyl (C=O) groups is 1. The first-order valence-corrected chi connectivity index (χ1v) is 6.66. The molecule has 98 valence electrons. The highest BCUT2D eigenvalue weighted by atomic mass is 32.1. The third kappa shape index (κ3) is 2.56. The molecule has 0 radical (unpaired) electrons. The van der Waals surface area contributed by atoms with Gasteiger partial charge in [-0.1, -0.05) is 31.5 Å². The van der Waals surface area contributed by atoms with Gasteiger partial charge < -0.3 is 15.5 Å². The van der Waals surface area contributed by atoms with Crippen LogP contribution in [0.4, 0.5) is 0 Å². The van der Waals surface area contributed by atoms with Crippen LogP contribution in [0.25, 0.3) is 0 Å². The molecule has 3 N–H and O–H groups in total. The summed E-state index contributed by atoms with van der Waals surface area (Å²) in [7, 11) is 0. The summed E-state index contributed by atoms with van der Waals surface area (Å²) in [5.74, 6) is 0.670. The summed E-state index contributed by atoms with van der Waals surface area (Å²) in [4.78, 5) is 12.7. The van der Waals surface area contributed by atoms with E-state index in [1.807, 2.05) is 6.07 Å². The van der Waals surface area contributed by atoms with Gasteiger partial charge in [0.15, 0.2) is 0 Å². The van der Waals surface area contributed by atoms with E-state index in [9.17, 15) is 4.79 Å². The van der Waals surface area contributed by atoms with Crippen molar-refractivity contribution in [2.24, 2.45) is 11.1 Å². The van der Waals surface area contributed by atoms with Crippen LogP contribution in [0, 0.1) is 5.41 Å². The highest BCUT2D eigenvalue weighted by molar-refractivity contribution is 7.80. The highest BCUT2D eigenvalue weighted by Gasteiger charge is 2.42. The van der Waals surface area contributed by atoms with Gasteiger partial charge in [0.1, 0.15) is 5.76 Å². The summed E-state index contributed by atoms with van der Waals surface area (Å²) in [6, 6.07) is 3.63. The molecular weight excluding hydrogens is 248 g/mol. The van der Waals surface area contributed by atoms with Gasteiger partial charge in [0, 0.05) is 0 Å². The van der Waals surface area contributed by atoms with E-state index in [1.54, 1.807) is 12.3 Å². The predicted molar refractivity (Wildman–Crippen MR) is 72.9 cm³/mol. The maximum Gasteiger partial charge on any atom is 0.233 e. The van der Waals surface area contributed by atoms with E-state index < -0.39 is 5.41 Å². The lowest BCUT2D eigenvalue weighted by atomic mass is 9.73. The summed E-state index contributed by atoms with van der Waals surface area (Å²) in [5.41, 5.74) is 5.15. The SMILES string of the molecule is NC(=S)C1(C(=O)NCc2ccco2)CCCCC1. The zero-order valence-electron chi connectivity index (χ0n) is 10.3. The molecule has 1 amide bonds. The van der Waals surface area contributed by atoms with Crippen LogP contribution in [0.1, 0.15) is 37.9 Å². The molecule has 1 aromatic rings. The lowest BCUT2D eigenvalue weighted by Crippen LogP contribution is -2.49. The van der Waals surface area contributed by atoms with Crippen LogP contribution in [-0.2, 0) is 11.3 Å². The molecule has 0 aromatic carbocycles. The van der Waals surface area contributed by atoms with E-state index in [1.165, 1.54) is 0 Å². The number of thiocarbonyl (C=S) groups is 1. The number of amides is 1. The summed E-state index contributed by atoms with van der Waals surface area (Å²) >= 11 is 5.11. The van der Waals surface area contributed by atoms with Gasteiger partial charge >= 0.3 is 0 Å². The minimum Gasteiger partial charge on any atom is -0.467 e. The molecule has 1 heterocycles. The fourth-order valence-corrected chi connectivity index (χ4v) is 2.79. The van der Waals surface area contributed by atoms with Crippen molar-refractivity contribution in [1.29, 1.82) is 0 Å². The Balaban J connectivity index is 2.02. The monoisotopic (exact) mass is 266 g/mol. The maximum atomic E-state index is 12.3. The molecule has 1 aliphatic rings. The van der Waals surface area contributed by atoms with Crippen LogP contribution in [0.2, 0.25) is 0 Å². The van der Waals surface area contributed by atoms with Crippen molar-refractivity contribution in [3.05, 3.63) is 24.2 Å². The fraction of sp³-hybridized carbons (Fsp3) is 0.538. The number of hydrogen-bond acceptors (Lipinski definition) is 3. The van der Waals surface area contributed by atoms with Crippen molar-refractivity contribution < 1.29 is 9.21 Å². The standard InChI is InChI=1S/C13H18N2O2S/c14-11(18)13(6-2-1-3-7-13)12(16)15-9-10-5-4-8-17-10/h4-5,8H,1-3,6-7,9H2,(H2,14,18)(H,15,16). The molecule has 0 spiro atoms. The van der Waals surface area contributed by atoms with Crippen molar-refractivity contribution in [3.8, 4) is 0 Å². The first-order chi connectivity index (χ1) is 8.65. The lowest BCUT2D eigenvalue weighted by Gasteiger charge is -2.34. The van der Waals surface area contributed by atoms with E-state index in [0.717, 1.165) is 37.9 Å². The lowest BCUT2D eigenvalue weighted by molar-refractivity contribution is -0.129. The van der Waals surface area contributed by atoms with Gasteiger partial charge in [0.05, 0.1) is 23.2 Å². The van der Waals surface area contributed by atoms with Gasteiger partial charge in [0.25, 0.3) is 0 Å². The zero-order chi connectivity index (χ0) is 13.0. The molecule has 0 bridgehead atoms. The Morgan fingerprint density at radius 2 is 2.17 bits per heavy atom. The van der Waals surface area contributed by atoms with Crippen LogP contribution in [0.5, 0.6) is 0 Å². The van der Waals surface area contributed by atoms with Gasteiger partial charge in [-0.05, 0) is 25.0 Å². The molecule has 1 aromatic heterocycles. The van der Waals surface area contributed by atoms with E-state index in [4.69, 9.17) is 22.4 Å². The Kier molecular flexibility index (Phi) is 4.01. The number of hydrogen-bond donors (Lipinski definition) is 2. The molecule has 0 atom stereocenters. The molecule has 1 saturated carbocycles. The summed E-state index contributed by atoms with van der Waals surface area (Å²) in [5, 5.41) is 2.88. The number of nitrogens with one attached hydrogen (secondary N) is 1. The minimum atomic E-state index is -0.653. The Labute approximate surface area is 112 Å². The smallest absolute Gasteiger partial charge is 0.233 e. The highest BCUT2D eigenvalue weighted by Crippen LogP contribution is 2.37. The largest absolute Gasteiger partial charge is 0.467 e. The molecule has 1 aliphatic carbocycles. The Morgan fingerprint density at radius 1 is 1.44 bits per heavy atom. The van der Waals surface area contributed by atoms with E-state index >= 15 is 0 Å². The average molecular weight is 266 g/mol. The molecule has 0 aliphatic heterocycles.